The predicted molar refractivity (Wildman–Crippen MR) is 81.2 cm³/mol. The summed E-state index contributed by atoms with van der Waals surface area (Å²) in [6.07, 6.45) is 7.94. The van der Waals surface area contributed by atoms with Gasteiger partial charge in [-0.1, -0.05) is 31.4 Å². The van der Waals surface area contributed by atoms with Crippen LogP contribution in [0.15, 0.2) is 12.3 Å². The Bertz CT molecular complexity index is 646. The van der Waals surface area contributed by atoms with Crippen molar-refractivity contribution in [1.82, 2.24) is 14.5 Å². The zero-order valence-electron chi connectivity index (χ0n) is 11.0. The van der Waals surface area contributed by atoms with Crippen LogP contribution >= 0.6 is 23.8 Å². The number of rotatable bonds is 1. The number of nitrogens with one attached hydrogen (secondary N) is 1. The third-order valence-corrected chi connectivity index (χ3v) is 4.62. The van der Waals surface area contributed by atoms with Crippen molar-refractivity contribution in [3.8, 4) is 0 Å². The first kappa shape index (κ1) is 13.1. The molecule has 2 heterocycles. The molecular weight excluding hydrogens is 278 g/mol. The van der Waals surface area contributed by atoms with Crippen LogP contribution in [0.2, 0.25) is 5.02 Å². The highest BCUT2D eigenvalue weighted by Gasteiger charge is 2.20. The van der Waals surface area contributed by atoms with Gasteiger partial charge < -0.3 is 4.98 Å². The Morgan fingerprint density at radius 3 is 3.05 bits per heavy atom. The van der Waals surface area contributed by atoms with E-state index in [1.807, 2.05) is 6.07 Å². The molecule has 0 bridgehead atoms. The van der Waals surface area contributed by atoms with Crippen LogP contribution in [0.4, 0.5) is 0 Å². The third-order valence-electron chi connectivity index (χ3n) is 4.11. The largest absolute Gasteiger partial charge is 0.329 e. The molecule has 0 spiro atoms. The first-order chi connectivity index (χ1) is 9.15. The molecule has 1 aliphatic carbocycles. The maximum Gasteiger partial charge on any atom is 0.179 e. The molecule has 5 heteroatoms. The van der Waals surface area contributed by atoms with Crippen molar-refractivity contribution in [2.75, 3.05) is 0 Å². The van der Waals surface area contributed by atoms with E-state index in [4.69, 9.17) is 23.8 Å². The molecule has 1 aliphatic rings. The Hall–Kier alpha value is -0.870. The van der Waals surface area contributed by atoms with Gasteiger partial charge in [-0.3, -0.25) is 4.57 Å². The molecular formula is C14H18ClN3S. The van der Waals surface area contributed by atoms with Crippen molar-refractivity contribution >= 4 is 35.0 Å². The van der Waals surface area contributed by atoms with Gasteiger partial charge in [0.1, 0.15) is 0 Å². The summed E-state index contributed by atoms with van der Waals surface area (Å²) in [4.78, 5) is 7.69. The lowest BCUT2D eigenvalue weighted by molar-refractivity contribution is 0.436. The SMILES string of the molecule is CC1CCCC(n2c(=S)[nH]c3cc(Cl)cnc32)CC1. The van der Waals surface area contributed by atoms with Crippen LogP contribution in [-0.4, -0.2) is 14.5 Å². The average molecular weight is 296 g/mol. The minimum Gasteiger partial charge on any atom is -0.329 e. The van der Waals surface area contributed by atoms with Gasteiger partial charge in [0.05, 0.1) is 10.5 Å². The topological polar surface area (TPSA) is 33.6 Å². The van der Waals surface area contributed by atoms with Gasteiger partial charge in [-0.05, 0) is 43.5 Å². The number of aromatic nitrogens is 3. The van der Waals surface area contributed by atoms with Crippen LogP contribution in [0.25, 0.3) is 11.2 Å². The molecule has 19 heavy (non-hydrogen) atoms. The summed E-state index contributed by atoms with van der Waals surface area (Å²) < 4.78 is 2.96. The fourth-order valence-corrected chi connectivity index (χ4v) is 3.56. The molecule has 2 aromatic heterocycles. The van der Waals surface area contributed by atoms with Crippen molar-refractivity contribution in [1.29, 1.82) is 0 Å². The first-order valence-electron chi connectivity index (χ1n) is 6.91. The van der Waals surface area contributed by atoms with E-state index in [0.717, 1.165) is 21.9 Å². The van der Waals surface area contributed by atoms with Crippen LogP contribution in [-0.2, 0) is 0 Å². The van der Waals surface area contributed by atoms with Gasteiger partial charge in [0, 0.05) is 12.2 Å². The highest BCUT2D eigenvalue weighted by molar-refractivity contribution is 7.71. The van der Waals surface area contributed by atoms with Crippen LogP contribution in [0, 0.1) is 10.7 Å². The summed E-state index contributed by atoms with van der Waals surface area (Å²) >= 11 is 11.5. The van der Waals surface area contributed by atoms with Crippen molar-refractivity contribution in [2.24, 2.45) is 5.92 Å². The third kappa shape index (κ3) is 2.56. The second-order valence-corrected chi connectivity index (χ2v) is 6.42. The van der Waals surface area contributed by atoms with Gasteiger partial charge in [-0.25, -0.2) is 4.98 Å². The molecule has 1 saturated carbocycles. The number of aromatic amines is 1. The highest BCUT2D eigenvalue weighted by Crippen LogP contribution is 2.32. The van der Waals surface area contributed by atoms with Crippen LogP contribution < -0.4 is 0 Å². The van der Waals surface area contributed by atoms with Gasteiger partial charge in [-0.15, -0.1) is 0 Å². The van der Waals surface area contributed by atoms with Gasteiger partial charge in [0.15, 0.2) is 10.4 Å². The van der Waals surface area contributed by atoms with E-state index in [0.29, 0.717) is 11.1 Å². The zero-order chi connectivity index (χ0) is 13.4. The molecule has 0 aliphatic heterocycles. The number of fused-ring (bicyclic) bond motifs is 1. The van der Waals surface area contributed by atoms with Crippen molar-refractivity contribution < 1.29 is 0 Å². The zero-order valence-corrected chi connectivity index (χ0v) is 12.6. The Labute approximate surface area is 123 Å². The van der Waals surface area contributed by atoms with Gasteiger partial charge >= 0.3 is 0 Å². The van der Waals surface area contributed by atoms with Crippen molar-refractivity contribution in [2.45, 2.75) is 45.1 Å². The predicted octanol–water partition coefficient (Wildman–Crippen LogP) is 4.89. The maximum absolute atomic E-state index is 5.99. The molecule has 3 nitrogen and oxygen atoms in total. The number of nitrogens with zero attached hydrogens (tertiary/aromatic N) is 2. The van der Waals surface area contributed by atoms with Gasteiger partial charge in [0.2, 0.25) is 0 Å². The minimum atomic E-state index is 0.472. The molecule has 0 aromatic carbocycles. The standard InChI is InChI=1S/C14H18ClN3S/c1-9-3-2-4-11(6-5-9)18-13-12(17-14(18)19)7-10(15)8-16-13/h7-9,11H,2-6H2,1H3,(H,17,19). The second-order valence-electron chi connectivity index (χ2n) is 5.59. The van der Waals surface area contributed by atoms with E-state index in [1.165, 1.54) is 32.1 Å². The Morgan fingerprint density at radius 2 is 2.21 bits per heavy atom. The molecule has 2 unspecified atom stereocenters. The molecule has 3 rings (SSSR count). The Morgan fingerprint density at radius 1 is 1.37 bits per heavy atom. The summed E-state index contributed by atoms with van der Waals surface area (Å²) in [5.41, 5.74) is 1.88. The maximum atomic E-state index is 5.99. The summed E-state index contributed by atoms with van der Waals surface area (Å²) in [5, 5.41) is 0.644. The van der Waals surface area contributed by atoms with E-state index in [9.17, 15) is 0 Å². The second kappa shape index (κ2) is 5.25. The molecule has 1 fully saturated rings. The molecule has 2 aromatic rings. The Kier molecular flexibility index (Phi) is 3.63. The van der Waals surface area contributed by atoms with Crippen LogP contribution in [0.3, 0.4) is 0 Å². The summed E-state index contributed by atoms with van der Waals surface area (Å²) in [7, 11) is 0. The highest BCUT2D eigenvalue weighted by atomic mass is 35.5. The fourth-order valence-electron chi connectivity index (χ4n) is 3.05. The number of halogens is 1. The Balaban J connectivity index is 2.04. The van der Waals surface area contributed by atoms with E-state index in [1.54, 1.807) is 6.20 Å². The molecule has 0 radical (unpaired) electrons. The summed E-state index contributed by atoms with van der Waals surface area (Å²) in [6, 6.07) is 2.37. The van der Waals surface area contributed by atoms with Crippen molar-refractivity contribution in [3.63, 3.8) is 0 Å². The molecule has 1 N–H and O–H groups in total. The van der Waals surface area contributed by atoms with E-state index in [2.05, 4.69) is 21.5 Å². The summed E-state index contributed by atoms with van der Waals surface area (Å²) in [5.74, 6) is 0.826. The number of hydrogen-bond acceptors (Lipinski definition) is 2. The fraction of sp³-hybridized carbons (Fsp3) is 0.571. The molecule has 102 valence electrons. The quantitative estimate of drug-likeness (QED) is 0.600. The molecule has 0 amide bonds. The normalized spacial score (nSPS) is 24.5. The first-order valence-corrected chi connectivity index (χ1v) is 7.69. The number of pyridine rings is 1. The average Bonchev–Trinajstić information content (AvgIpc) is 2.54. The van der Waals surface area contributed by atoms with E-state index < -0.39 is 0 Å². The lowest BCUT2D eigenvalue weighted by Crippen LogP contribution is -2.09. The van der Waals surface area contributed by atoms with Crippen molar-refractivity contribution in [3.05, 3.63) is 22.1 Å². The van der Waals surface area contributed by atoms with Gasteiger partial charge in [0.25, 0.3) is 0 Å². The lowest BCUT2D eigenvalue weighted by atomic mass is 10.0. The smallest absolute Gasteiger partial charge is 0.179 e. The lowest BCUT2D eigenvalue weighted by Gasteiger charge is -2.16. The number of hydrogen-bond donors (Lipinski definition) is 1. The monoisotopic (exact) mass is 295 g/mol. The van der Waals surface area contributed by atoms with E-state index >= 15 is 0 Å². The summed E-state index contributed by atoms with van der Waals surface area (Å²) in [6.45, 7) is 2.34. The number of imidazole rings is 1. The van der Waals surface area contributed by atoms with Crippen LogP contribution in [0.5, 0.6) is 0 Å². The number of H-pyrrole nitrogens is 1. The van der Waals surface area contributed by atoms with E-state index in [-0.39, 0.29) is 0 Å². The molecule has 0 saturated heterocycles. The molecule has 2 atom stereocenters. The van der Waals surface area contributed by atoms with Gasteiger partial charge in [-0.2, -0.15) is 0 Å². The van der Waals surface area contributed by atoms with Crippen LogP contribution in [0.1, 0.15) is 45.1 Å². The minimum absolute atomic E-state index is 0.472.